The molecule has 0 aliphatic heterocycles. The first-order valence-electron chi connectivity index (χ1n) is 5.75. The van der Waals surface area contributed by atoms with E-state index in [-0.39, 0.29) is 0 Å². The summed E-state index contributed by atoms with van der Waals surface area (Å²) in [7, 11) is 0. The highest BCUT2D eigenvalue weighted by molar-refractivity contribution is 9.10. The molecule has 1 rings (SSSR count). The third kappa shape index (κ3) is 4.54. The molecular weight excluding hydrogens is 266 g/mol. The topological polar surface area (TPSA) is 21.3 Å². The van der Waals surface area contributed by atoms with Crippen molar-refractivity contribution in [3.63, 3.8) is 0 Å². The van der Waals surface area contributed by atoms with Crippen LogP contribution < -0.4 is 10.1 Å². The van der Waals surface area contributed by atoms with Crippen LogP contribution in [0.3, 0.4) is 0 Å². The summed E-state index contributed by atoms with van der Waals surface area (Å²) in [6, 6.07) is 6.14. The molecule has 0 atom stereocenters. The van der Waals surface area contributed by atoms with Crippen LogP contribution in [0.15, 0.2) is 22.7 Å². The Labute approximate surface area is 107 Å². The molecule has 0 aliphatic rings. The van der Waals surface area contributed by atoms with Crippen LogP contribution in [0.25, 0.3) is 0 Å². The second kappa shape index (κ2) is 6.92. The summed E-state index contributed by atoms with van der Waals surface area (Å²) in [5.74, 6) is 1.51. The highest BCUT2D eigenvalue weighted by atomic mass is 79.9. The predicted octanol–water partition coefficient (Wildman–Crippen LogP) is 3.59. The lowest BCUT2D eigenvalue weighted by atomic mass is 10.2. The fourth-order valence-corrected chi connectivity index (χ4v) is 1.69. The maximum atomic E-state index is 5.69. The smallest absolute Gasteiger partial charge is 0.119 e. The lowest BCUT2D eigenvalue weighted by Crippen LogP contribution is -2.12. The van der Waals surface area contributed by atoms with Crippen molar-refractivity contribution in [1.29, 1.82) is 0 Å². The van der Waals surface area contributed by atoms with Gasteiger partial charge >= 0.3 is 0 Å². The van der Waals surface area contributed by atoms with Gasteiger partial charge < -0.3 is 10.1 Å². The molecule has 3 heteroatoms. The Morgan fingerprint density at radius 2 is 2.12 bits per heavy atom. The van der Waals surface area contributed by atoms with Gasteiger partial charge in [-0.1, -0.05) is 36.7 Å². The molecule has 0 unspecified atom stereocenters. The van der Waals surface area contributed by atoms with Crippen molar-refractivity contribution >= 4 is 15.9 Å². The maximum absolute atomic E-state index is 5.69. The van der Waals surface area contributed by atoms with Crippen LogP contribution >= 0.6 is 15.9 Å². The minimum Gasteiger partial charge on any atom is -0.493 e. The maximum Gasteiger partial charge on any atom is 0.119 e. The third-order valence-corrected chi connectivity index (χ3v) is 2.94. The van der Waals surface area contributed by atoms with Crippen LogP contribution in [0.4, 0.5) is 0 Å². The van der Waals surface area contributed by atoms with E-state index >= 15 is 0 Å². The van der Waals surface area contributed by atoms with Crippen molar-refractivity contribution in [1.82, 2.24) is 5.32 Å². The molecule has 0 aliphatic carbocycles. The van der Waals surface area contributed by atoms with Crippen LogP contribution in [0.1, 0.15) is 26.3 Å². The first-order valence-corrected chi connectivity index (χ1v) is 6.54. The summed E-state index contributed by atoms with van der Waals surface area (Å²) >= 11 is 3.55. The van der Waals surface area contributed by atoms with Crippen molar-refractivity contribution in [2.24, 2.45) is 5.92 Å². The monoisotopic (exact) mass is 285 g/mol. The van der Waals surface area contributed by atoms with Gasteiger partial charge in [0.15, 0.2) is 0 Å². The minimum atomic E-state index is 0.556. The zero-order valence-corrected chi connectivity index (χ0v) is 11.8. The molecule has 0 fully saturated rings. The summed E-state index contributed by atoms with van der Waals surface area (Å²) < 4.78 is 6.82. The third-order valence-electron chi connectivity index (χ3n) is 2.17. The largest absolute Gasteiger partial charge is 0.493 e. The van der Waals surface area contributed by atoms with Crippen molar-refractivity contribution in [3.8, 4) is 5.75 Å². The van der Waals surface area contributed by atoms with Gasteiger partial charge in [0.25, 0.3) is 0 Å². The van der Waals surface area contributed by atoms with Crippen LogP contribution in [-0.4, -0.2) is 13.2 Å². The fourth-order valence-electron chi connectivity index (χ4n) is 1.30. The summed E-state index contributed by atoms with van der Waals surface area (Å²) in [5, 5.41) is 3.31. The molecule has 0 aromatic heterocycles. The first kappa shape index (κ1) is 13.5. The van der Waals surface area contributed by atoms with Gasteiger partial charge in [0.05, 0.1) is 6.61 Å². The molecule has 0 bridgehead atoms. The van der Waals surface area contributed by atoms with E-state index in [1.54, 1.807) is 0 Å². The lowest BCUT2D eigenvalue weighted by Gasteiger charge is -2.11. The van der Waals surface area contributed by atoms with Crippen LogP contribution in [0.2, 0.25) is 0 Å². The summed E-state index contributed by atoms with van der Waals surface area (Å²) in [5.41, 5.74) is 1.24. The molecule has 0 radical (unpaired) electrons. The molecule has 1 aromatic carbocycles. The Morgan fingerprint density at radius 3 is 2.75 bits per heavy atom. The van der Waals surface area contributed by atoms with Crippen LogP contribution in [0.5, 0.6) is 5.75 Å². The van der Waals surface area contributed by atoms with E-state index < -0.39 is 0 Å². The molecule has 16 heavy (non-hydrogen) atoms. The first-order chi connectivity index (χ1) is 7.63. The number of hydrogen-bond acceptors (Lipinski definition) is 2. The highest BCUT2D eigenvalue weighted by Gasteiger charge is 2.03. The molecule has 1 aromatic rings. The number of rotatable bonds is 6. The lowest BCUT2D eigenvalue weighted by molar-refractivity contribution is 0.270. The van der Waals surface area contributed by atoms with Crippen LogP contribution in [0, 0.1) is 5.92 Å². The molecule has 1 N–H and O–H groups in total. The van der Waals surface area contributed by atoms with Gasteiger partial charge in [0, 0.05) is 11.0 Å². The Morgan fingerprint density at radius 1 is 1.38 bits per heavy atom. The van der Waals surface area contributed by atoms with Crippen molar-refractivity contribution < 1.29 is 4.74 Å². The van der Waals surface area contributed by atoms with E-state index in [1.807, 2.05) is 12.1 Å². The number of halogens is 1. The van der Waals surface area contributed by atoms with Gasteiger partial charge in [-0.05, 0) is 36.2 Å². The zero-order chi connectivity index (χ0) is 12.0. The molecule has 0 spiro atoms. The highest BCUT2D eigenvalue weighted by Crippen LogP contribution is 2.22. The van der Waals surface area contributed by atoms with Gasteiger partial charge in [0.1, 0.15) is 5.75 Å². The molecule has 0 amide bonds. The second-order valence-corrected chi connectivity index (χ2v) is 5.09. The number of nitrogens with one attached hydrogen (secondary N) is 1. The predicted molar refractivity (Wildman–Crippen MR) is 71.9 cm³/mol. The molecule has 90 valence electrons. The second-order valence-electron chi connectivity index (χ2n) is 4.24. The Bertz CT molecular complexity index is 326. The van der Waals surface area contributed by atoms with Crippen molar-refractivity contribution in [2.75, 3.05) is 13.2 Å². The zero-order valence-electron chi connectivity index (χ0n) is 10.2. The van der Waals surface area contributed by atoms with Gasteiger partial charge in [0.2, 0.25) is 0 Å². The standard InChI is InChI=1S/C13H20BrNO/c1-4-15-8-11-7-12(5-6-13(11)14)16-9-10(2)3/h5-7,10,15H,4,8-9H2,1-3H3. The molecular formula is C13H20BrNO. The van der Waals surface area contributed by atoms with E-state index in [0.717, 1.165) is 29.9 Å². The SMILES string of the molecule is CCNCc1cc(OCC(C)C)ccc1Br. The van der Waals surface area contributed by atoms with E-state index in [1.165, 1.54) is 5.56 Å². The quantitative estimate of drug-likeness (QED) is 0.862. The van der Waals surface area contributed by atoms with Gasteiger partial charge in [-0.3, -0.25) is 0 Å². The van der Waals surface area contributed by atoms with Crippen LogP contribution in [-0.2, 0) is 6.54 Å². The number of ether oxygens (including phenoxy) is 1. The van der Waals surface area contributed by atoms with E-state index in [4.69, 9.17) is 4.74 Å². The Balaban J connectivity index is 2.65. The van der Waals surface area contributed by atoms with E-state index in [2.05, 4.69) is 48.1 Å². The Hall–Kier alpha value is -0.540. The van der Waals surface area contributed by atoms with E-state index in [0.29, 0.717) is 5.92 Å². The average molecular weight is 286 g/mol. The van der Waals surface area contributed by atoms with Gasteiger partial charge in [-0.25, -0.2) is 0 Å². The summed E-state index contributed by atoms with van der Waals surface area (Å²) in [4.78, 5) is 0. The van der Waals surface area contributed by atoms with Crippen molar-refractivity contribution in [3.05, 3.63) is 28.2 Å². The average Bonchev–Trinajstić information content (AvgIpc) is 2.26. The van der Waals surface area contributed by atoms with Gasteiger partial charge in [-0.15, -0.1) is 0 Å². The number of benzene rings is 1. The number of hydrogen-bond donors (Lipinski definition) is 1. The Kier molecular flexibility index (Phi) is 5.85. The van der Waals surface area contributed by atoms with E-state index in [9.17, 15) is 0 Å². The molecule has 0 saturated carbocycles. The normalized spacial score (nSPS) is 10.8. The van der Waals surface area contributed by atoms with Gasteiger partial charge in [-0.2, -0.15) is 0 Å². The minimum absolute atomic E-state index is 0.556. The molecule has 2 nitrogen and oxygen atoms in total. The van der Waals surface area contributed by atoms with Crippen molar-refractivity contribution in [2.45, 2.75) is 27.3 Å². The summed E-state index contributed by atoms with van der Waals surface area (Å²) in [6.45, 7) is 9.02. The fraction of sp³-hybridized carbons (Fsp3) is 0.538. The molecule has 0 heterocycles. The summed E-state index contributed by atoms with van der Waals surface area (Å²) in [6.07, 6.45) is 0. The molecule has 0 saturated heterocycles.